The molecule has 2 amide bonds. The summed E-state index contributed by atoms with van der Waals surface area (Å²) in [6.45, 7) is 4.45. The zero-order valence-electron chi connectivity index (χ0n) is 9.27. The highest BCUT2D eigenvalue weighted by Gasteiger charge is 2.22. The van der Waals surface area contributed by atoms with Crippen molar-refractivity contribution in [2.75, 3.05) is 31.1 Å². The highest BCUT2D eigenvalue weighted by Crippen LogP contribution is 2.07. The van der Waals surface area contributed by atoms with Crippen LogP contribution in [0.2, 0.25) is 0 Å². The number of carbonyl (C=O) groups excluding carboxylic acids is 2. The van der Waals surface area contributed by atoms with Gasteiger partial charge in [-0.2, -0.15) is 0 Å². The van der Waals surface area contributed by atoms with Gasteiger partial charge in [-0.15, -0.1) is 24.2 Å². The van der Waals surface area contributed by atoms with Crippen molar-refractivity contribution in [3.05, 3.63) is 0 Å². The standard InChI is InChI=1S/C9H17N3O2S.ClH/c1-7-4-11-2-3-12(7)9(14)6-15-5-8(10)13;/h7,11H,2-6H2,1H3,(H2,10,13);1H/t7-;/m1./s1. The van der Waals surface area contributed by atoms with Crippen LogP contribution >= 0.6 is 24.2 Å². The van der Waals surface area contributed by atoms with Gasteiger partial charge in [0.1, 0.15) is 0 Å². The Hall–Kier alpha value is -0.460. The van der Waals surface area contributed by atoms with Crippen molar-refractivity contribution in [2.24, 2.45) is 5.73 Å². The van der Waals surface area contributed by atoms with Crippen molar-refractivity contribution in [2.45, 2.75) is 13.0 Å². The van der Waals surface area contributed by atoms with Gasteiger partial charge in [-0.25, -0.2) is 0 Å². The topological polar surface area (TPSA) is 75.4 Å². The number of piperazine rings is 1. The predicted molar refractivity (Wildman–Crippen MR) is 67.8 cm³/mol. The number of nitrogens with one attached hydrogen (secondary N) is 1. The Kier molecular flexibility index (Phi) is 7.53. The predicted octanol–water partition coefficient (Wildman–Crippen LogP) is -0.553. The second-order valence-electron chi connectivity index (χ2n) is 3.60. The van der Waals surface area contributed by atoms with Crippen LogP contribution in [-0.2, 0) is 9.59 Å². The van der Waals surface area contributed by atoms with Gasteiger partial charge < -0.3 is 16.0 Å². The number of carbonyl (C=O) groups is 2. The molecule has 16 heavy (non-hydrogen) atoms. The molecule has 3 N–H and O–H groups in total. The summed E-state index contributed by atoms with van der Waals surface area (Å²) in [4.78, 5) is 24.1. The largest absolute Gasteiger partial charge is 0.369 e. The van der Waals surface area contributed by atoms with E-state index in [2.05, 4.69) is 5.32 Å². The average Bonchev–Trinajstić information content (AvgIpc) is 2.17. The van der Waals surface area contributed by atoms with Crippen LogP contribution in [0.1, 0.15) is 6.92 Å². The van der Waals surface area contributed by atoms with E-state index >= 15 is 0 Å². The molecule has 1 heterocycles. The molecular weight excluding hydrogens is 250 g/mol. The molecular formula is C9H18ClN3O2S. The van der Waals surface area contributed by atoms with E-state index in [9.17, 15) is 9.59 Å². The van der Waals surface area contributed by atoms with E-state index in [1.54, 1.807) is 0 Å². The summed E-state index contributed by atoms with van der Waals surface area (Å²) in [5.41, 5.74) is 4.99. The van der Waals surface area contributed by atoms with Crippen molar-refractivity contribution >= 4 is 36.0 Å². The molecule has 5 nitrogen and oxygen atoms in total. The van der Waals surface area contributed by atoms with Crippen molar-refractivity contribution in [3.8, 4) is 0 Å². The lowest BCUT2D eigenvalue weighted by Gasteiger charge is -2.33. The number of halogens is 1. The summed E-state index contributed by atoms with van der Waals surface area (Å²) in [7, 11) is 0. The van der Waals surface area contributed by atoms with Crippen molar-refractivity contribution in [3.63, 3.8) is 0 Å². The minimum absolute atomic E-state index is 0. The molecule has 1 aliphatic heterocycles. The number of hydrogen-bond acceptors (Lipinski definition) is 4. The lowest BCUT2D eigenvalue weighted by Crippen LogP contribution is -2.52. The van der Waals surface area contributed by atoms with Crippen molar-refractivity contribution < 1.29 is 9.59 Å². The lowest BCUT2D eigenvalue weighted by molar-refractivity contribution is -0.131. The first kappa shape index (κ1) is 15.5. The van der Waals surface area contributed by atoms with E-state index in [0.29, 0.717) is 5.75 Å². The van der Waals surface area contributed by atoms with Crippen LogP contribution in [0.25, 0.3) is 0 Å². The summed E-state index contributed by atoms with van der Waals surface area (Å²) in [6, 6.07) is 0.237. The van der Waals surface area contributed by atoms with Gasteiger partial charge in [0.2, 0.25) is 11.8 Å². The number of primary amides is 1. The zero-order chi connectivity index (χ0) is 11.3. The Morgan fingerprint density at radius 3 is 2.75 bits per heavy atom. The summed E-state index contributed by atoms with van der Waals surface area (Å²) >= 11 is 1.28. The fourth-order valence-electron chi connectivity index (χ4n) is 1.53. The molecule has 0 aliphatic carbocycles. The van der Waals surface area contributed by atoms with E-state index in [0.717, 1.165) is 19.6 Å². The average molecular weight is 268 g/mol. The van der Waals surface area contributed by atoms with E-state index in [4.69, 9.17) is 5.73 Å². The van der Waals surface area contributed by atoms with Gasteiger partial charge >= 0.3 is 0 Å². The molecule has 0 radical (unpaired) electrons. The number of thioether (sulfide) groups is 1. The third-order valence-corrected chi connectivity index (χ3v) is 3.23. The van der Waals surface area contributed by atoms with Crippen LogP contribution in [0.15, 0.2) is 0 Å². The second-order valence-corrected chi connectivity index (χ2v) is 4.58. The third kappa shape index (κ3) is 5.05. The molecule has 0 saturated carbocycles. The van der Waals surface area contributed by atoms with Crippen molar-refractivity contribution in [1.82, 2.24) is 10.2 Å². The first-order valence-electron chi connectivity index (χ1n) is 4.97. The summed E-state index contributed by atoms with van der Waals surface area (Å²) in [5, 5.41) is 3.22. The van der Waals surface area contributed by atoms with Crippen LogP contribution in [-0.4, -0.2) is 53.9 Å². The minimum Gasteiger partial charge on any atom is -0.369 e. The molecule has 1 fully saturated rings. The summed E-state index contributed by atoms with van der Waals surface area (Å²) in [5.74, 6) is 0.274. The van der Waals surface area contributed by atoms with Crippen LogP contribution in [0.5, 0.6) is 0 Å². The molecule has 1 atom stereocenters. The van der Waals surface area contributed by atoms with Crippen LogP contribution in [0.4, 0.5) is 0 Å². The maximum atomic E-state index is 11.7. The minimum atomic E-state index is -0.374. The van der Waals surface area contributed by atoms with E-state index in [-0.39, 0.29) is 36.0 Å². The van der Waals surface area contributed by atoms with Gasteiger partial charge in [0.05, 0.1) is 11.5 Å². The van der Waals surface area contributed by atoms with Crippen LogP contribution in [0, 0.1) is 0 Å². The molecule has 0 spiro atoms. The van der Waals surface area contributed by atoms with Gasteiger partial charge in [0.25, 0.3) is 0 Å². The normalized spacial score (nSPS) is 20.1. The fourth-order valence-corrected chi connectivity index (χ4v) is 2.18. The molecule has 0 aromatic carbocycles. The Morgan fingerprint density at radius 1 is 1.50 bits per heavy atom. The Labute approximate surface area is 106 Å². The third-order valence-electron chi connectivity index (χ3n) is 2.29. The molecule has 1 saturated heterocycles. The molecule has 0 unspecified atom stereocenters. The molecule has 0 aromatic rings. The molecule has 0 bridgehead atoms. The quantitative estimate of drug-likeness (QED) is 0.717. The number of nitrogens with two attached hydrogens (primary N) is 1. The maximum Gasteiger partial charge on any atom is 0.232 e. The Bertz CT molecular complexity index is 253. The van der Waals surface area contributed by atoms with Crippen LogP contribution < -0.4 is 11.1 Å². The first-order chi connectivity index (χ1) is 7.11. The van der Waals surface area contributed by atoms with Crippen LogP contribution in [0.3, 0.4) is 0 Å². The smallest absolute Gasteiger partial charge is 0.232 e. The lowest BCUT2D eigenvalue weighted by atomic mass is 10.2. The van der Waals surface area contributed by atoms with Gasteiger partial charge in [-0.1, -0.05) is 0 Å². The number of amides is 2. The molecule has 1 aliphatic rings. The monoisotopic (exact) mass is 267 g/mol. The molecule has 0 aromatic heterocycles. The van der Waals surface area contributed by atoms with E-state index < -0.39 is 0 Å². The Balaban J connectivity index is 0.00000225. The Morgan fingerprint density at radius 2 is 2.19 bits per heavy atom. The van der Waals surface area contributed by atoms with Gasteiger partial charge in [-0.05, 0) is 6.92 Å². The van der Waals surface area contributed by atoms with Gasteiger partial charge in [0.15, 0.2) is 0 Å². The number of nitrogens with zero attached hydrogens (tertiary/aromatic N) is 1. The fraction of sp³-hybridized carbons (Fsp3) is 0.778. The van der Waals surface area contributed by atoms with E-state index in [1.165, 1.54) is 11.8 Å². The SMILES string of the molecule is C[C@@H]1CNCCN1C(=O)CSCC(N)=O.Cl. The van der Waals surface area contributed by atoms with Gasteiger partial charge in [0, 0.05) is 25.7 Å². The summed E-state index contributed by atoms with van der Waals surface area (Å²) in [6.07, 6.45) is 0. The number of rotatable bonds is 4. The van der Waals surface area contributed by atoms with Gasteiger partial charge in [-0.3, -0.25) is 9.59 Å². The second kappa shape index (κ2) is 7.76. The molecule has 7 heteroatoms. The van der Waals surface area contributed by atoms with Crippen molar-refractivity contribution in [1.29, 1.82) is 0 Å². The summed E-state index contributed by atoms with van der Waals surface area (Å²) < 4.78 is 0. The zero-order valence-corrected chi connectivity index (χ0v) is 10.9. The highest BCUT2D eigenvalue weighted by molar-refractivity contribution is 8.00. The highest BCUT2D eigenvalue weighted by atomic mass is 35.5. The molecule has 94 valence electrons. The number of hydrogen-bond donors (Lipinski definition) is 2. The maximum absolute atomic E-state index is 11.7. The molecule has 1 rings (SSSR count). The first-order valence-corrected chi connectivity index (χ1v) is 6.13. The van der Waals surface area contributed by atoms with E-state index in [1.807, 2.05) is 11.8 Å².